The summed E-state index contributed by atoms with van der Waals surface area (Å²) in [5, 5.41) is 2.49. The van der Waals surface area contributed by atoms with Gasteiger partial charge in [0.15, 0.2) is 5.65 Å². The average Bonchev–Trinajstić information content (AvgIpc) is 3.28. The largest absolute Gasteiger partial charge is 0.382 e. The van der Waals surface area contributed by atoms with Gasteiger partial charge in [-0.3, -0.25) is 4.90 Å². The van der Waals surface area contributed by atoms with Crippen molar-refractivity contribution in [3.8, 4) is 0 Å². The Hall–Kier alpha value is -2.02. The summed E-state index contributed by atoms with van der Waals surface area (Å²) in [4.78, 5) is 15.0. The molecule has 6 nitrogen and oxygen atoms in total. The second kappa shape index (κ2) is 9.00. The molecule has 0 bridgehead atoms. The van der Waals surface area contributed by atoms with E-state index in [9.17, 15) is 0 Å². The van der Waals surface area contributed by atoms with Gasteiger partial charge in [-0.2, -0.15) is 0 Å². The molecule has 4 heterocycles. The van der Waals surface area contributed by atoms with Gasteiger partial charge in [0.2, 0.25) is 0 Å². The number of hydrogen-bond acceptors (Lipinski definition) is 5. The van der Waals surface area contributed by atoms with Gasteiger partial charge in [-0.25, -0.2) is 9.97 Å². The fourth-order valence-corrected chi connectivity index (χ4v) is 5.51. The molecule has 3 aromatic heterocycles. The van der Waals surface area contributed by atoms with Crippen LogP contribution in [-0.2, 0) is 9.47 Å². The van der Waals surface area contributed by atoms with E-state index >= 15 is 0 Å². The third-order valence-electron chi connectivity index (χ3n) is 7.03. The molecular weight excluding hydrogens is 376 g/mol. The van der Waals surface area contributed by atoms with Crippen LogP contribution in [0.15, 0.2) is 30.7 Å². The number of nitrogens with zero attached hydrogens (tertiary/aromatic N) is 3. The molecule has 0 amide bonds. The number of aromatic nitrogens is 3. The smallest absolute Gasteiger partial charge is 0.159 e. The molecule has 5 rings (SSSR count). The van der Waals surface area contributed by atoms with Gasteiger partial charge in [0.05, 0.1) is 31.0 Å². The molecule has 2 aliphatic rings. The number of rotatable bonds is 6. The number of nitrogens with one attached hydrogen (secondary N) is 1. The van der Waals surface area contributed by atoms with Crippen molar-refractivity contribution in [3.05, 3.63) is 36.3 Å². The predicted molar refractivity (Wildman–Crippen MR) is 119 cm³/mol. The molecule has 1 N–H and O–H groups in total. The fraction of sp³-hybridized carbons (Fsp3) is 0.583. The second-order valence-corrected chi connectivity index (χ2v) is 8.79. The van der Waals surface area contributed by atoms with E-state index in [1.54, 1.807) is 7.11 Å². The highest BCUT2D eigenvalue weighted by Gasteiger charge is 2.31. The molecule has 3 aromatic rings. The van der Waals surface area contributed by atoms with Crippen molar-refractivity contribution in [2.45, 2.75) is 56.6 Å². The quantitative estimate of drug-likeness (QED) is 0.617. The lowest BCUT2D eigenvalue weighted by Crippen LogP contribution is -2.46. The van der Waals surface area contributed by atoms with Crippen LogP contribution < -0.4 is 0 Å². The lowest BCUT2D eigenvalue weighted by Gasteiger charge is -2.41. The van der Waals surface area contributed by atoms with Gasteiger partial charge in [-0.15, -0.1) is 0 Å². The molecule has 1 saturated carbocycles. The van der Waals surface area contributed by atoms with Crippen LogP contribution in [0.1, 0.15) is 50.0 Å². The number of methoxy groups -OCH3 is 1. The molecule has 2 fully saturated rings. The molecule has 1 aliphatic heterocycles. The van der Waals surface area contributed by atoms with Crippen LogP contribution in [0.25, 0.3) is 21.9 Å². The van der Waals surface area contributed by atoms with Gasteiger partial charge in [-0.05, 0) is 68.7 Å². The van der Waals surface area contributed by atoms with Crippen LogP contribution in [0.5, 0.6) is 0 Å². The van der Waals surface area contributed by atoms with Crippen molar-refractivity contribution in [3.63, 3.8) is 0 Å². The van der Waals surface area contributed by atoms with Gasteiger partial charge < -0.3 is 14.5 Å². The Morgan fingerprint density at radius 1 is 1.10 bits per heavy atom. The Morgan fingerprint density at radius 3 is 2.87 bits per heavy atom. The molecule has 0 spiro atoms. The number of ether oxygens (including phenoxy) is 2. The number of hydrogen-bond donors (Lipinski definition) is 1. The van der Waals surface area contributed by atoms with Crippen molar-refractivity contribution in [1.82, 2.24) is 19.9 Å². The zero-order chi connectivity index (χ0) is 20.3. The molecule has 0 aromatic carbocycles. The van der Waals surface area contributed by atoms with E-state index in [-0.39, 0.29) is 0 Å². The van der Waals surface area contributed by atoms with E-state index in [2.05, 4.69) is 38.2 Å². The molecule has 6 heteroatoms. The van der Waals surface area contributed by atoms with Crippen LogP contribution in [0.4, 0.5) is 0 Å². The first-order valence-corrected chi connectivity index (χ1v) is 11.4. The first-order chi connectivity index (χ1) is 14.8. The van der Waals surface area contributed by atoms with Crippen LogP contribution >= 0.6 is 0 Å². The Bertz CT molecular complexity index is 980. The van der Waals surface area contributed by atoms with Gasteiger partial charge in [0.25, 0.3) is 0 Å². The summed E-state index contributed by atoms with van der Waals surface area (Å²) in [5.41, 5.74) is 3.43. The normalized spacial score (nSPS) is 25.8. The predicted octanol–water partition coefficient (Wildman–Crippen LogP) is 4.26. The third kappa shape index (κ3) is 3.96. The van der Waals surface area contributed by atoms with Crippen molar-refractivity contribution < 1.29 is 9.47 Å². The summed E-state index contributed by atoms with van der Waals surface area (Å²) in [6.45, 7) is 3.69. The number of H-pyrrole nitrogens is 1. The molecule has 1 unspecified atom stereocenters. The molecule has 30 heavy (non-hydrogen) atoms. The summed E-state index contributed by atoms with van der Waals surface area (Å²) in [6.07, 6.45) is 13.7. The SMILES string of the molecule is COCCOC1CCCN(C2CCC(c3cc[nH]c4cnc5nccc5c34)CC2)C1. The molecule has 1 saturated heterocycles. The maximum absolute atomic E-state index is 6.03. The Labute approximate surface area is 178 Å². The van der Waals surface area contributed by atoms with Crippen LogP contribution in [0.3, 0.4) is 0 Å². The molecular formula is C24H32N4O2. The van der Waals surface area contributed by atoms with Crippen molar-refractivity contribution in [2.75, 3.05) is 33.4 Å². The lowest BCUT2D eigenvalue weighted by molar-refractivity contribution is -0.0338. The zero-order valence-corrected chi connectivity index (χ0v) is 17.8. The minimum atomic E-state index is 0.367. The van der Waals surface area contributed by atoms with E-state index in [0.717, 1.165) is 17.7 Å². The number of aromatic amines is 1. The summed E-state index contributed by atoms with van der Waals surface area (Å²) in [6, 6.07) is 5.07. The number of pyridine rings is 2. The van der Waals surface area contributed by atoms with Gasteiger partial charge in [0, 0.05) is 42.9 Å². The highest BCUT2D eigenvalue weighted by Crippen LogP contribution is 2.39. The van der Waals surface area contributed by atoms with Crippen LogP contribution in [-0.4, -0.2) is 65.4 Å². The van der Waals surface area contributed by atoms with E-state index in [4.69, 9.17) is 9.47 Å². The van der Waals surface area contributed by atoms with E-state index in [1.807, 2.05) is 12.4 Å². The highest BCUT2D eigenvalue weighted by atomic mass is 16.5. The van der Waals surface area contributed by atoms with Gasteiger partial charge in [-0.1, -0.05) is 0 Å². The molecule has 1 aliphatic carbocycles. The molecule has 1 atom stereocenters. The topological polar surface area (TPSA) is 63.3 Å². The van der Waals surface area contributed by atoms with E-state index < -0.39 is 0 Å². The minimum absolute atomic E-state index is 0.367. The van der Waals surface area contributed by atoms with Crippen LogP contribution in [0, 0.1) is 0 Å². The minimum Gasteiger partial charge on any atom is -0.382 e. The lowest BCUT2D eigenvalue weighted by atomic mass is 9.79. The van der Waals surface area contributed by atoms with E-state index in [0.29, 0.717) is 31.3 Å². The first-order valence-electron chi connectivity index (χ1n) is 11.4. The Kier molecular flexibility index (Phi) is 5.97. The number of fused-ring (bicyclic) bond motifs is 3. The standard InChI is InChI=1S/C24H32N4O2/c1-29-13-14-30-19-3-2-12-28(16-19)18-6-4-17(5-7-18)20-8-10-25-22-15-27-24-21(23(20)22)9-11-26-24/h8-11,15,17-19,25H,2-7,12-14,16H2,1H3. The van der Waals surface area contributed by atoms with Crippen molar-refractivity contribution in [2.24, 2.45) is 0 Å². The van der Waals surface area contributed by atoms with E-state index in [1.165, 1.54) is 61.4 Å². The summed E-state index contributed by atoms with van der Waals surface area (Å²) >= 11 is 0. The molecule has 160 valence electrons. The first kappa shape index (κ1) is 19.9. The summed E-state index contributed by atoms with van der Waals surface area (Å²) < 4.78 is 11.2. The Morgan fingerprint density at radius 2 is 2.00 bits per heavy atom. The number of likely N-dealkylation sites (tertiary alicyclic amines) is 1. The monoisotopic (exact) mass is 408 g/mol. The zero-order valence-electron chi connectivity index (χ0n) is 17.8. The second-order valence-electron chi connectivity index (χ2n) is 8.79. The van der Waals surface area contributed by atoms with Crippen molar-refractivity contribution >= 4 is 21.9 Å². The van der Waals surface area contributed by atoms with Crippen LogP contribution in [0.2, 0.25) is 0 Å². The van der Waals surface area contributed by atoms with Crippen molar-refractivity contribution in [1.29, 1.82) is 0 Å². The Balaban J connectivity index is 1.27. The molecule has 0 radical (unpaired) electrons. The third-order valence-corrected chi connectivity index (χ3v) is 7.03. The average molecular weight is 409 g/mol. The summed E-state index contributed by atoms with van der Waals surface area (Å²) in [5.74, 6) is 0.609. The maximum atomic E-state index is 6.03. The van der Waals surface area contributed by atoms with Gasteiger partial charge in [0.1, 0.15) is 0 Å². The summed E-state index contributed by atoms with van der Waals surface area (Å²) in [7, 11) is 1.73. The highest BCUT2D eigenvalue weighted by molar-refractivity contribution is 6.05. The fourth-order valence-electron chi connectivity index (χ4n) is 5.51. The van der Waals surface area contributed by atoms with Gasteiger partial charge >= 0.3 is 0 Å². The maximum Gasteiger partial charge on any atom is 0.159 e. The number of piperidine rings is 1.